The second-order valence-corrected chi connectivity index (χ2v) is 5.80. The Morgan fingerprint density at radius 1 is 1.20 bits per heavy atom. The number of methoxy groups -OCH3 is 1. The van der Waals surface area contributed by atoms with E-state index in [0.717, 1.165) is 0 Å². The van der Waals surface area contributed by atoms with E-state index in [-0.39, 0.29) is 39.8 Å². The molecule has 0 bridgehead atoms. The molecule has 2 aromatic rings. The van der Waals surface area contributed by atoms with Crippen LogP contribution >= 0.6 is 23.2 Å². The van der Waals surface area contributed by atoms with Crippen molar-refractivity contribution in [3.8, 4) is 11.5 Å². The SMILES string of the molecule is COc1ccc(CN(C)C(=O)c2cc(Cl)nc(Cl)c2)cc1OC(F)F. The van der Waals surface area contributed by atoms with Crippen LogP contribution in [0.15, 0.2) is 30.3 Å². The van der Waals surface area contributed by atoms with Gasteiger partial charge in [-0.25, -0.2) is 4.98 Å². The smallest absolute Gasteiger partial charge is 0.387 e. The minimum absolute atomic E-state index is 0.0984. The molecule has 2 rings (SSSR count). The highest BCUT2D eigenvalue weighted by atomic mass is 35.5. The number of ether oxygens (including phenoxy) is 2. The normalized spacial score (nSPS) is 10.7. The van der Waals surface area contributed by atoms with Gasteiger partial charge in [0.25, 0.3) is 5.91 Å². The highest BCUT2D eigenvalue weighted by Crippen LogP contribution is 2.30. The Hall–Kier alpha value is -2.12. The van der Waals surface area contributed by atoms with Crippen LogP contribution in [0.2, 0.25) is 10.3 Å². The minimum Gasteiger partial charge on any atom is -0.493 e. The van der Waals surface area contributed by atoms with Crippen LogP contribution in [0.5, 0.6) is 11.5 Å². The van der Waals surface area contributed by atoms with E-state index in [1.807, 2.05) is 0 Å². The van der Waals surface area contributed by atoms with E-state index in [2.05, 4.69) is 9.72 Å². The molecule has 1 heterocycles. The first-order chi connectivity index (χ1) is 11.8. The summed E-state index contributed by atoms with van der Waals surface area (Å²) in [7, 11) is 2.91. The molecular formula is C16H14Cl2F2N2O3. The summed E-state index contributed by atoms with van der Waals surface area (Å²) in [4.78, 5) is 17.6. The van der Waals surface area contributed by atoms with Crippen LogP contribution in [-0.4, -0.2) is 36.6 Å². The molecule has 0 saturated heterocycles. The number of halogens is 4. The Morgan fingerprint density at radius 3 is 2.40 bits per heavy atom. The van der Waals surface area contributed by atoms with Gasteiger partial charge in [-0.15, -0.1) is 0 Å². The highest BCUT2D eigenvalue weighted by molar-refractivity contribution is 6.33. The monoisotopic (exact) mass is 390 g/mol. The molecule has 9 heteroatoms. The van der Waals surface area contributed by atoms with Crippen molar-refractivity contribution >= 4 is 29.1 Å². The number of amides is 1. The van der Waals surface area contributed by atoms with Crippen molar-refractivity contribution in [3.63, 3.8) is 0 Å². The Bertz CT molecular complexity index is 755. The third-order valence-electron chi connectivity index (χ3n) is 3.22. The van der Waals surface area contributed by atoms with Gasteiger partial charge in [0, 0.05) is 19.2 Å². The summed E-state index contributed by atoms with van der Waals surface area (Å²) >= 11 is 11.6. The fraction of sp³-hybridized carbons (Fsp3) is 0.250. The van der Waals surface area contributed by atoms with Gasteiger partial charge < -0.3 is 14.4 Å². The molecule has 5 nitrogen and oxygen atoms in total. The maximum Gasteiger partial charge on any atom is 0.387 e. The lowest BCUT2D eigenvalue weighted by Crippen LogP contribution is -2.26. The van der Waals surface area contributed by atoms with Gasteiger partial charge in [-0.05, 0) is 29.8 Å². The van der Waals surface area contributed by atoms with Gasteiger partial charge in [0.05, 0.1) is 7.11 Å². The zero-order valence-electron chi connectivity index (χ0n) is 13.3. The molecule has 0 atom stereocenters. The lowest BCUT2D eigenvalue weighted by molar-refractivity contribution is -0.0512. The van der Waals surface area contributed by atoms with Crippen molar-refractivity contribution in [2.75, 3.05) is 14.2 Å². The second kappa shape index (κ2) is 8.31. The van der Waals surface area contributed by atoms with Gasteiger partial charge in [0.1, 0.15) is 10.3 Å². The molecule has 1 amide bonds. The Balaban J connectivity index is 2.19. The fourth-order valence-electron chi connectivity index (χ4n) is 2.16. The van der Waals surface area contributed by atoms with Gasteiger partial charge in [0.15, 0.2) is 11.5 Å². The van der Waals surface area contributed by atoms with Crippen LogP contribution in [0.25, 0.3) is 0 Å². The number of hydrogen-bond donors (Lipinski definition) is 0. The van der Waals surface area contributed by atoms with Crippen molar-refractivity contribution in [1.29, 1.82) is 0 Å². The lowest BCUT2D eigenvalue weighted by Gasteiger charge is -2.19. The summed E-state index contributed by atoms with van der Waals surface area (Å²) in [6.07, 6.45) is 0. The molecule has 0 aliphatic carbocycles. The number of rotatable bonds is 6. The van der Waals surface area contributed by atoms with E-state index >= 15 is 0 Å². The number of hydrogen-bond acceptors (Lipinski definition) is 4. The summed E-state index contributed by atoms with van der Waals surface area (Å²) in [6, 6.07) is 7.32. The molecule has 0 saturated carbocycles. The van der Waals surface area contributed by atoms with Crippen LogP contribution in [-0.2, 0) is 6.54 Å². The maximum absolute atomic E-state index is 12.5. The molecule has 0 unspecified atom stereocenters. The average Bonchev–Trinajstić information content (AvgIpc) is 2.53. The van der Waals surface area contributed by atoms with Gasteiger partial charge >= 0.3 is 6.61 Å². The van der Waals surface area contributed by atoms with Gasteiger partial charge in [0.2, 0.25) is 0 Å². The lowest BCUT2D eigenvalue weighted by atomic mass is 10.1. The fourth-order valence-corrected chi connectivity index (χ4v) is 2.62. The van der Waals surface area contributed by atoms with Crippen LogP contribution in [0, 0.1) is 0 Å². The van der Waals surface area contributed by atoms with Crippen molar-refractivity contribution in [2.45, 2.75) is 13.2 Å². The number of benzene rings is 1. The number of carbonyl (C=O) groups excluding carboxylic acids is 1. The largest absolute Gasteiger partial charge is 0.493 e. The zero-order valence-corrected chi connectivity index (χ0v) is 14.8. The predicted molar refractivity (Wildman–Crippen MR) is 89.7 cm³/mol. The van der Waals surface area contributed by atoms with Gasteiger partial charge in [-0.1, -0.05) is 29.3 Å². The van der Waals surface area contributed by atoms with E-state index in [0.29, 0.717) is 5.56 Å². The third-order valence-corrected chi connectivity index (χ3v) is 3.61. The molecule has 0 spiro atoms. The van der Waals surface area contributed by atoms with Crippen molar-refractivity contribution < 1.29 is 23.0 Å². The number of pyridine rings is 1. The highest BCUT2D eigenvalue weighted by Gasteiger charge is 2.16. The average molecular weight is 391 g/mol. The van der Waals surface area contributed by atoms with E-state index in [1.54, 1.807) is 13.1 Å². The first-order valence-electron chi connectivity index (χ1n) is 7.00. The van der Waals surface area contributed by atoms with E-state index < -0.39 is 6.61 Å². The summed E-state index contributed by atoms with van der Waals surface area (Å²) in [5, 5.41) is 0.197. The van der Waals surface area contributed by atoms with E-state index in [4.69, 9.17) is 27.9 Å². The maximum atomic E-state index is 12.5. The molecule has 0 fully saturated rings. The van der Waals surface area contributed by atoms with Crippen molar-refractivity contribution in [1.82, 2.24) is 9.88 Å². The number of carbonyl (C=O) groups is 1. The Morgan fingerprint density at radius 2 is 1.84 bits per heavy atom. The summed E-state index contributed by atoms with van der Waals surface area (Å²) in [5.74, 6) is -0.282. The first kappa shape index (κ1) is 19.2. The molecule has 0 N–H and O–H groups in total. The topological polar surface area (TPSA) is 51.7 Å². The molecule has 0 radical (unpaired) electrons. The third kappa shape index (κ3) is 5.17. The Kier molecular flexibility index (Phi) is 6.39. The number of nitrogens with zero attached hydrogens (tertiary/aromatic N) is 2. The molecular weight excluding hydrogens is 377 g/mol. The van der Waals surface area contributed by atoms with E-state index in [1.165, 1.54) is 36.3 Å². The second-order valence-electron chi connectivity index (χ2n) is 5.03. The molecule has 0 aliphatic heterocycles. The van der Waals surface area contributed by atoms with Crippen molar-refractivity contribution in [2.24, 2.45) is 0 Å². The summed E-state index contributed by atoms with van der Waals surface area (Å²) in [5.41, 5.74) is 0.851. The quantitative estimate of drug-likeness (QED) is 0.691. The van der Waals surface area contributed by atoms with Crippen molar-refractivity contribution in [3.05, 3.63) is 51.8 Å². The number of aromatic nitrogens is 1. The number of alkyl halides is 2. The molecule has 0 aliphatic rings. The molecule has 1 aromatic heterocycles. The van der Waals surface area contributed by atoms with Crippen LogP contribution in [0.1, 0.15) is 15.9 Å². The summed E-state index contributed by atoms with van der Waals surface area (Å²) in [6.45, 7) is -2.83. The first-order valence-corrected chi connectivity index (χ1v) is 7.76. The molecule has 25 heavy (non-hydrogen) atoms. The standard InChI is InChI=1S/C16H14Cl2F2N2O3/c1-22(15(23)10-6-13(17)21-14(18)7-10)8-9-3-4-11(24-2)12(5-9)25-16(19)20/h3-7,16H,8H2,1-2H3. The zero-order chi connectivity index (χ0) is 18.6. The van der Waals surface area contributed by atoms with E-state index in [9.17, 15) is 13.6 Å². The Labute approximate surface area is 153 Å². The van der Waals surface area contributed by atoms with Crippen LogP contribution < -0.4 is 9.47 Å². The van der Waals surface area contributed by atoms with Crippen LogP contribution in [0.4, 0.5) is 8.78 Å². The van der Waals surface area contributed by atoms with Crippen LogP contribution in [0.3, 0.4) is 0 Å². The predicted octanol–water partition coefficient (Wildman–Crippen LogP) is 4.27. The molecule has 134 valence electrons. The summed E-state index contributed by atoms with van der Waals surface area (Å²) < 4.78 is 34.4. The molecule has 1 aromatic carbocycles. The van der Waals surface area contributed by atoms with Gasteiger partial charge in [-0.2, -0.15) is 8.78 Å². The van der Waals surface area contributed by atoms with Gasteiger partial charge in [-0.3, -0.25) is 4.79 Å². The minimum atomic E-state index is -2.98.